The Hall–Kier alpha value is -1.59. The Bertz CT molecular complexity index is 475. The zero-order valence-corrected chi connectivity index (χ0v) is 12.7. The summed E-state index contributed by atoms with van der Waals surface area (Å²) in [6.45, 7) is 3.17. The lowest BCUT2D eigenvalue weighted by atomic mass is 9.98. The van der Waals surface area contributed by atoms with Gasteiger partial charge in [0.2, 0.25) is 5.91 Å². The molecule has 1 fully saturated rings. The zero-order valence-electron chi connectivity index (χ0n) is 12.7. The topological polar surface area (TPSA) is 78.6 Å². The van der Waals surface area contributed by atoms with E-state index in [2.05, 4.69) is 24.2 Å². The molecule has 1 saturated heterocycles. The number of hydrogen-bond acceptors (Lipinski definition) is 4. The maximum Gasteiger partial charge on any atom is 0.237 e. The summed E-state index contributed by atoms with van der Waals surface area (Å²) in [5.41, 5.74) is 6.93. The summed E-state index contributed by atoms with van der Waals surface area (Å²) >= 11 is 0. The Morgan fingerprint density at radius 1 is 1.48 bits per heavy atom. The number of nitrogens with one attached hydrogen (secondary N) is 1. The van der Waals surface area contributed by atoms with Gasteiger partial charge in [-0.15, -0.1) is 0 Å². The van der Waals surface area contributed by atoms with Crippen molar-refractivity contribution in [2.24, 2.45) is 5.73 Å². The van der Waals surface area contributed by atoms with Crippen LogP contribution in [-0.2, 0) is 11.2 Å². The van der Waals surface area contributed by atoms with E-state index in [1.807, 2.05) is 0 Å². The van der Waals surface area contributed by atoms with Crippen molar-refractivity contribution in [3.8, 4) is 5.75 Å². The molecule has 5 nitrogen and oxygen atoms in total. The Morgan fingerprint density at radius 3 is 2.76 bits per heavy atom. The van der Waals surface area contributed by atoms with Gasteiger partial charge in [-0.2, -0.15) is 0 Å². The molecule has 21 heavy (non-hydrogen) atoms. The lowest BCUT2D eigenvalue weighted by molar-refractivity contribution is -0.123. The molecule has 1 aliphatic rings. The Morgan fingerprint density at radius 2 is 2.14 bits per heavy atom. The molecular formula is C16H25N3O2. The number of benzene rings is 1. The maximum absolute atomic E-state index is 12.2. The second-order valence-corrected chi connectivity index (χ2v) is 6.04. The van der Waals surface area contributed by atoms with Crippen LogP contribution in [0.2, 0.25) is 0 Å². The van der Waals surface area contributed by atoms with E-state index in [0.29, 0.717) is 12.5 Å². The number of phenolic OH excluding ortho intramolecular Hbond substituents is 1. The van der Waals surface area contributed by atoms with Crippen molar-refractivity contribution in [2.45, 2.75) is 44.3 Å². The van der Waals surface area contributed by atoms with Gasteiger partial charge in [-0.05, 0) is 50.9 Å². The number of carbonyl (C=O) groups excluding carboxylic acids is 1. The predicted molar refractivity (Wildman–Crippen MR) is 83.0 cm³/mol. The number of nitrogens with zero attached hydrogens (tertiary/aromatic N) is 1. The van der Waals surface area contributed by atoms with Crippen molar-refractivity contribution < 1.29 is 9.90 Å². The first-order valence-electron chi connectivity index (χ1n) is 7.50. The molecule has 1 amide bonds. The highest BCUT2D eigenvalue weighted by Crippen LogP contribution is 2.16. The van der Waals surface area contributed by atoms with Gasteiger partial charge in [0, 0.05) is 18.6 Å². The van der Waals surface area contributed by atoms with Crippen LogP contribution in [0.5, 0.6) is 5.75 Å². The number of aromatic hydroxyl groups is 1. The third kappa shape index (κ3) is 4.44. The normalized spacial score (nSPS) is 24.5. The molecule has 0 aliphatic carbocycles. The first kappa shape index (κ1) is 15.8. The van der Waals surface area contributed by atoms with E-state index in [-0.39, 0.29) is 17.7 Å². The monoisotopic (exact) mass is 291 g/mol. The lowest BCUT2D eigenvalue weighted by Gasteiger charge is -2.35. The van der Waals surface area contributed by atoms with Gasteiger partial charge >= 0.3 is 0 Å². The van der Waals surface area contributed by atoms with Gasteiger partial charge in [0.05, 0.1) is 6.04 Å². The SMILES string of the molecule is CC1CC(NC(=O)[C@H](N)Cc2ccc(O)cc2)CCN1C. The maximum atomic E-state index is 12.2. The second-order valence-electron chi connectivity index (χ2n) is 6.04. The molecule has 3 atom stereocenters. The van der Waals surface area contributed by atoms with Crippen LogP contribution < -0.4 is 11.1 Å². The van der Waals surface area contributed by atoms with Crippen molar-refractivity contribution >= 4 is 5.91 Å². The molecule has 0 bridgehead atoms. The molecule has 116 valence electrons. The van der Waals surface area contributed by atoms with Gasteiger partial charge in [0.15, 0.2) is 0 Å². The Kier molecular flexibility index (Phi) is 5.20. The standard InChI is InChI=1S/C16H25N3O2/c1-11-9-13(7-8-19(11)2)18-16(21)15(17)10-12-3-5-14(20)6-4-12/h3-6,11,13,15,20H,7-10,17H2,1-2H3,(H,18,21)/t11?,13?,15-/m1/s1. The molecule has 0 radical (unpaired) electrons. The molecule has 1 aromatic carbocycles. The fraction of sp³-hybridized carbons (Fsp3) is 0.562. The van der Waals surface area contributed by atoms with E-state index in [1.54, 1.807) is 24.3 Å². The summed E-state index contributed by atoms with van der Waals surface area (Å²) in [5, 5.41) is 12.3. The van der Waals surface area contributed by atoms with Crippen LogP contribution in [0, 0.1) is 0 Å². The molecule has 1 aromatic rings. The van der Waals surface area contributed by atoms with Gasteiger partial charge in [-0.1, -0.05) is 12.1 Å². The third-order valence-corrected chi connectivity index (χ3v) is 4.28. The summed E-state index contributed by atoms with van der Waals surface area (Å²) in [6.07, 6.45) is 2.42. The average molecular weight is 291 g/mol. The van der Waals surface area contributed by atoms with E-state index in [9.17, 15) is 9.90 Å². The molecule has 4 N–H and O–H groups in total. The van der Waals surface area contributed by atoms with E-state index < -0.39 is 6.04 Å². The van der Waals surface area contributed by atoms with E-state index in [1.165, 1.54) is 0 Å². The van der Waals surface area contributed by atoms with Crippen molar-refractivity contribution in [2.75, 3.05) is 13.6 Å². The highest BCUT2D eigenvalue weighted by molar-refractivity contribution is 5.82. The largest absolute Gasteiger partial charge is 0.508 e. The van der Waals surface area contributed by atoms with E-state index in [0.717, 1.165) is 24.9 Å². The molecule has 5 heteroatoms. The third-order valence-electron chi connectivity index (χ3n) is 4.28. The average Bonchev–Trinajstić information content (AvgIpc) is 2.45. The summed E-state index contributed by atoms with van der Waals surface area (Å²) in [6, 6.07) is 6.95. The fourth-order valence-corrected chi connectivity index (χ4v) is 2.71. The highest BCUT2D eigenvalue weighted by atomic mass is 16.3. The van der Waals surface area contributed by atoms with Crippen LogP contribution in [0.25, 0.3) is 0 Å². The Labute approximate surface area is 126 Å². The van der Waals surface area contributed by atoms with Crippen LogP contribution >= 0.6 is 0 Å². The van der Waals surface area contributed by atoms with Crippen molar-refractivity contribution in [1.29, 1.82) is 0 Å². The molecule has 1 heterocycles. The first-order chi connectivity index (χ1) is 9.95. The molecule has 1 aliphatic heterocycles. The lowest BCUT2D eigenvalue weighted by Crippen LogP contribution is -2.51. The van der Waals surface area contributed by atoms with Crippen LogP contribution in [0.3, 0.4) is 0 Å². The number of hydrogen-bond donors (Lipinski definition) is 3. The minimum Gasteiger partial charge on any atom is -0.508 e. The molecular weight excluding hydrogens is 266 g/mol. The number of piperidine rings is 1. The van der Waals surface area contributed by atoms with Gasteiger partial charge in [0.25, 0.3) is 0 Å². The van der Waals surface area contributed by atoms with Crippen molar-refractivity contribution in [3.05, 3.63) is 29.8 Å². The number of phenols is 1. The van der Waals surface area contributed by atoms with Crippen molar-refractivity contribution in [1.82, 2.24) is 10.2 Å². The van der Waals surface area contributed by atoms with Gasteiger partial charge in [0.1, 0.15) is 5.75 Å². The second kappa shape index (κ2) is 6.91. The van der Waals surface area contributed by atoms with E-state index in [4.69, 9.17) is 5.73 Å². The minimum atomic E-state index is -0.551. The van der Waals surface area contributed by atoms with Gasteiger partial charge in [-0.3, -0.25) is 4.79 Å². The Balaban J connectivity index is 1.83. The summed E-state index contributed by atoms with van der Waals surface area (Å²) in [4.78, 5) is 14.5. The summed E-state index contributed by atoms with van der Waals surface area (Å²) < 4.78 is 0. The quantitative estimate of drug-likeness (QED) is 0.769. The fourth-order valence-electron chi connectivity index (χ4n) is 2.71. The summed E-state index contributed by atoms with van der Waals surface area (Å²) in [7, 11) is 2.11. The highest BCUT2D eigenvalue weighted by Gasteiger charge is 2.25. The number of rotatable bonds is 4. The van der Waals surface area contributed by atoms with E-state index >= 15 is 0 Å². The number of carbonyl (C=O) groups is 1. The van der Waals surface area contributed by atoms with Gasteiger partial charge < -0.3 is 21.1 Å². The molecule has 0 aromatic heterocycles. The summed E-state index contributed by atoms with van der Waals surface area (Å²) in [5.74, 6) is 0.127. The number of amides is 1. The van der Waals surface area contributed by atoms with Crippen molar-refractivity contribution in [3.63, 3.8) is 0 Å². The molecule has 2 rings (SSSR count). The predicted octanol–water partition coefficient (Wildman–Crippen LogP) is 0.861. The molecule has 0 saturated carbocycles. The number of likely N-dealkylation sites (tertiary alicyclic amines) is 1. The van der Waals surface area contributed by atoms with Crippen LogP contribution in [0.1, 0.15) is 25.3 Å². The van der Waals surface area contributed by atoms with Gasteiger partial charge in [-0.25, -0.2) is 0 Å². The van der Waals surface area contributed by atoms with Crippen LogP contribution in [0.4, 0.5) is 0 Å². The molecule has 2 unspecified atom stereocenters. The zero-order chi connectivity index (χ0) is 15.4. The minimum absolute atomic E-state index is 0.0928. The smallest absolute Gasteiger partial charge is 0.237 e. The number of nitrogens with two attached hydrogens (primary N) is 1. The van der Waals surface area contributed by atoms with Crippen LogP contribution in [-0.4, -0.2) is 47.6 Å². The van der Waals surface area contributed by atoms with Crippen LogP contribution in [0.15, 0.2) is 24.3 Å². The molecule has 0 spiro atoms. The first-order valence-corrected chi connectivity index (χ1v) is 7.50.